The van der Waals surface area contributed by atoms with Crippen molar-refractivity contribution in [1.82, 2.24) is 5.32 Å². The summed E-state index contributed by atoms with van der Waals surface area (Å²) in [6.45, 7) is 3.90. The van der Waals surface area contributed by atoms with E-state index in [9.17, 15) is 9.59 Å². The molecule has 2 rings (SSSR count). The molecule has 21 heavy (non-hydrogen) atoms. The molecule has 0 fully saturated rings. The Balaban J connectivity index is 1.98. The minimum absolute atomic E-state index is 0.254. The lowest BCUT2D eigenvalue weighted by atomic mass is 10.1. The lowest BCUT2D eigenvalue weighted by molar-refractivity contribution is -0.140. The van der Waals surface area contributed by atoms with Crippen LogP contribution in [0.5, 0.6) is 0 Å². The average molecular weight is 353 g/mol. The number of amides is 2. The second-order valence-corrected chi connectivity index (χ2v) is 6.06. The Morgan fingerprint density at radius 2 is 2.00 bits per heavy atom. The molecular weight excluding hydrogens is 336 g/mol. The van der Waals surface area contributed by atoms with Gasteiger partial charge in [-0.05, 0) is 53.4 Å². The first-order valence-corrected chi connectivity index (χ1v) is 7.41. The van der Waals surface area contributed by atoms with Crippen molar-refractivity contribution in [2.24, 2.45) is 5.92 Å². The summed E-state index contributed by atoms with van der Waals surface area (Å²) in [6.07, 6.45) is 3.71. The van der Waals surface area contributed by atoms with Crippen LogP contribution in [0.15, 0.2) is 28.8 Å². The fraction of sp³-hybridized carbons (Fsp3) is 0.333. The monoisotopic (exact) mass is 352 g/mol. The average Bonchev–Trinajstić information content (AvgIpc) is 2.82. The lowest BCUT2D eigenvalue weighted by Gasteiger charge is -2.15. The molecule has 6 heteroatoms. The van der Waals surface area contributed by atoms with E-state index in [1.54, 1.807) is 12.2 Å². The van der Waals surface area contributed by atoms with Gasteiger partial charge in [-0.1, -0.05) is 18.2 Å². The van der Waals surface area contributed by atoms with Gasteiger partial charge in [0.2, 0.25) is 0 Å². The van der Waals surface area contributed by atoms with E-state index in [0.717, 1.165) is 21.3 Å². The normalized spacial score (nSPS) is 20.3. The van der Waals surface area contributed by atoms with E-state index in [-0.39, 0.29) is 12.1 Å². The zero-order chi connectivity index (χ0) is 15.6. The Morgan fingerprint density at radius 1 is 1.29 bits per heavy atom. The maximum atomic E-state index is 12.0. The van der Waals surface area contributed by atoms with Crippen LogP contribution < -0.4 is 10.6 Å². The van der Waals surface area contributed by atoms with Crippen molar-refractivity contribution >= 4 is 33.6 Å². The number of carbonyl (C=O) groups is 2. The van der Waals surface area contributed by atoms with Crippen LogP contribution in [-0.2, 0) is 4.79 Å². The van der Waals surface area contributed by atoms with Gasteiger partial charge in [0, 0.05) is 4.47 Å². The number of nitrogens with one attached hydrogen (secondary N) is 2. The molecule has 112 valence electrons. The van der Waals surface area contributed by atoms with Gasteiger partial charge in [-0.2, -0.15) is 0 Å². The summed E-state index contributed by atoms with van der Waals surface area (Å²) in [6, 6.07) is 3.31. The summed E-state index contributed by atoms with van der Waals surface area (Å²) in [7, 11) is 0. The Labute approximate surface area is 131 Å². The maximum absolute atomic E-state index is 12.0. The predicted molar refractivity (Wildman–Crippen MR) is 84.4 cm³/mol. The topological polar surface area (TPSA) is 78.4 Å². The molecule has 5 nitrogen and oxygen atoms in total. The van der Waals surface area contributed by atoms with Crippen LogP contribution in [0.4, 0.5) is 10.5 Å². The number of carbonyl (C=O) groups excluding carboxylic acids is 1. The zero-order valence-electron chi connectivity index (χ0n) is 11.8. The zero-order valence-corrected chi connectivity index (χ0v) is 13.4. The van der Waals surface area contributed by atoms with Gasteiger partial charge in [0.05, 0.1) is 17.6 Å². The highest BCUT2D eigenvalue weighted by atomic mass is 79.9. The molecule has 0 heterocycles. The standard InChI is InChI=1S/C15H17BrN2O3/c1-8-5-9(2)13(12(16)6-8)18-15(21)17-11-4-3-10(7-11)14(19)20/h3-6,10-11H,7H2,1-2H3,(H,19,20)(H2,17,18,21). The van der Waals surface area contributed by atoms with E-state index in [4.69, 9.17) is 5.11 Å². The largest absolute Gasteiger partial charge is 0.481 e. The minimum atomic E-state index is -0.868. The van der Waals surface area contributed by atoms with E-state index >= 15 is 0 Å². The van der Waals surface area contributed by atoms with Crippen LogP contribution in [0.2, 0.25) is 0 Å². The smallest absolute Gasteiger partial charge is 0.319 e. The van der Waals surface area contributed by atoms with Gasteiger partial charge in [-0.25, -0.2) is 4.79 Å². The number of anilines is 1. The molecule has 2 unspecified atom stereocenters. The van der Waals surface area contributed by atoms with Gasteiger partial charge < -0.3 is 15.7 Å². The molecule has 0 aromatic heterocycles. The highest BCUT2D eigenvalue weighted by molar-refractivity contribution is 9.10. The molecule has 0 radical (unpaired) electrons. The van der Waals surface area contributed by atoms with Gasteiger partial charge in [0.25, 0.3) is 0 Å². The summed E-state index contributed by atoms with van der Waals surface area (Å²) in [5.41, 5.74) is 2.78. The van der Waals surface area contributed by atoms with Gasteiger partial charge >= 0.3 is 12.0 Å². The van der Waals surface area contributed by atoms with E-state index in [1.165, 1.54) is 0 Å². The number of aliphatic carboxylic acids is 1. The van der Waals surface area contributed by atoms with Gasteiger partial charge in [-0.15, -0.1) is 0 Å². The molecule has 0 spiro atoms. The molecule has 0 aliphatic heterocycles. The number of benzene rings is 1. The lowest BCUT2D eigenvalue weighted by Crippen LogP contribution is -2.36. The Bertz CT molecular complexity index is 590. The molecule has 0 saturated carbocycles. The van der Waals surface area contributed by atoms with Crippen LogP contribution in [0.3, 0.4) is 0 Å². The van der Waals surface area contributed by atoms with Crippen molar-refractivity contribution in [3.63, 3.8) is 0 Å². The summed E-state index contributed by atoms with van der Waals surface area (Å²) >= 11 is 3.43. The summed E-state index contributed by atoms with van der Waals surface area (Å²) in [4.78, 5) is 22.9. The third-order valence-electron chi connectivity index (χ3n) is 3.39. The number of halogens is 1. The summed E-state index contributed by atoms with van der Waals surface area (Å²) in [5, 5.41) is 14.5. The number of carboxylic acids is 1. The molecule has 1 aliphatic carbocycles. The number of urea groups is 1. The van der Waals surface area contributed by atoms with E-state index in [0.29, 0.717) is 6.42 Å². The molecule has 0 bridgehead atoms. The molecule has 2 atom stereocenters. The van der Waals surface area contributed by atoms with Crippen molar-refractivity contribution in [3.8, 4) is 0 Å². The third-order valence-corrected chi connectivity index (χ3v) is 4.01. The van der Waals surface area contributed by atoms with Crippen molar-refractivity contribution in [2.75, 3.05) is 5.32 Å². The Hall–Kier alpha value is -1.82. The number of hydrogen-bond acceptors (Lipinski definition) is 2. The van der Waals surface area contributed by atoms with E-state index in [1.807, 2.05) is 26.0 Å². The molecule has 1 aromatic rings. The summed E-state index contributed by atoms with van der Waals surface area (Å²) in [5.74, 6) is -1.39. The predicted octanol–water partition coefficient (Wildman–Crippen LogP) is 3.22. The Morgan fingerprint density at radius 3 is 2.57 bits per heavy atom. The van der Waals surface area contributed by atoms with Crippen molar-refractivity contribution in [3.05, 3.63) is 39.9 Å². The van der Waals surface area contributed by atoms with Crippen molar-refractivity contribution < 1.29 is 14.7 Å². The molecule has 2 amide bonds. The first-order valence-electron chi connectivity index (χ1n) is 6.62. The fourth-order valence-corrected chi connectivity index (χ4v) is 3.15. The Kier molecular flexibility index (Phi) is 4.67. The van der Waals surface area contributed by atoms with E-state index < -0.39 is 11.9 Å². The highest BCUT2D eigenvalue weighted by Crippen LogP contribution is 2.27. The fourth-order valence-electron chi connectivity index (χ4n) is 2.38. The minimum Gasteiger partial charge on any atom is -0.481 e. The van der Waals surface area contributed by atoms with Crippen molar-refractivity contribution in [1.29, 1.82) is 0 Å². The molecular formula is C15H17BrN2O3. The van der Waals surface area contributed by atoms with Gasteiger partial charge in [0.15, 0.2) is 0 Å². The second kappa shape index (κ2) is 6.30. The van der Waals surface area contributed by atoms with Crippen LogP contribution >= 0.6 is 15.9 Å². The SMILES string of the molecule is Cc1cc(C)c(NC(=O)NC2C=CC(C(=O)O)C2)c(Br)c1. The van der Waals surface area contributed by atoms with E-state index in [2.05, 4.69) is 26.6 Å². The molecule has 0 saturated heterocycles. The molecule has 1 aromatic carbocycles. The highest BCUT2D eigenvalue weighted by Gasteiger charge is 2.25. The third kappa shape index (κ3) is 3.85. The first kappa shape index (κ1) is 15.6. The van der Waals surface area contributed by atoms with Crippen LogP contribution in [0.1, 0.15) is 17.5 Å². The second-order valence-electron chi connectivity index (χ2n) is 5.21. The van der Waals surface area contributed by atoms with Crippen LogP contribution in [0, 0.1) is 19.8 Å². The number of aryl methyl sites for hydroxylation is 2. The summed E-state index contributed by atoms with van der Waals surface area (Å²) < 4.78 is 0.820. The maximum Gasteiger partial charge on any atom is 0.319 e. The number of hydrogen-bond donors (Lipinski definition) is 3. The quantitative estimate of drug-likeness (QED) is 0.730. The van der Waals surface area contributed by atoms with Gasteiger partial charge in [-0.3, -0.25) is 4.79 Å². The molecule has 3 N–H and O–H groups in total. The van der Waals surface area contributed by atoms with Crippen LogP contribution in [-0.4, -0.2) is 23.1 Å². The van der Waals surface area contributed by atoms with Crippen molar-refractivity contribution in [2.45, 2.75) is 26.3 Å². The number of carboxylic acid groups (broad SMARTS) is 1. The van der Waals surface area contributed by atoms with Gasteiger partial charge in [0.1, 0.15) is 0 Å². The first-order chi connectivity index (χ1) is 9.86. The molecule has 1 aliphatic rings. The van der Waals surface area contributed by atoms with Crippen LogP contribution in [0.25, 0.3) is 0 Å². The number of rotatable bonds is 3.